The summed E-state index contributed by atoms with van der Waals surface area (Å²) in [5.41, 5.74) is 1.27. The highest BCUT2D eigenvalue weighted by Crippen LogP contribution is 2.16. The second-order valence-electron chi connectivity index (χ2n) is 9.23. The van der Waals surface area contributed by atoms with Crippen LogP contribution in [0.25, 0.3) is 0 Å². The quantitative estimate of drug-likeness (QED) is 0.132. The Hall–Kier alpha value is -1.35. The van der Waals surface area contributed by atoms with Gasteiger partial charge in [0.2, 0.25) is 0 Å². The third kappa shape index (κ3) is 15.5. The van der Waals surface area contributed by atoms with Crippen LogP contribution in [0.1, 0.15) is 102 Å². The molecule has 1 aromatic rings. The van der Waals surface area contributed by atoms with E-state index in [1.165, 1.54) is 76.2 Å². The summed E-state index contributed by atoms with van der Waals surface area (Å²) >= 11 is 0. The van der Waals surface area contributed by atoms with E-state index in [1.807, 2.05) is 18.2 Å². The molecule has 1 rings (SSSR count). The Morgan fingerprint density at radius 3 is 1.93 bits per heavy atom. The van der Waals surface area contributed by atoms with Crippen molar-refractivity contribution in [2.45, 2.75) is 116 Å². The van der Waals surface area contributed by atoms with Crippen molar-refractivity contribution in [3.05, 3.63) is 48.0 Å². The van der Waals surface area contributed by atoms with E-state index in [2.05, 4.69) is 44.3 Å². The lowest BCUT2D eigenvalue weighted by atomic mass is 10.1. The highest BCUT2D eigenvalue weighted by atomic mass is 28.4. The maximum Gasteiger partial charge on any atom is 0.292 e. The van der Waals surface area contributed by atoms with Crippen molar-refractivity contribution in [3.8, 4) is 0 Å². The molecule has 0 saturated heterocycles. The smallest absolute Gasteiger partial charge is 0.292 e. The third-order valence-corrected chi connectivity index (χ3v) is 7.55. The van der Waals surface area contributed by atoms with Gasteiger partial charge in [-0.25, -0.2) is 0 Å². The zero-order valence-corrected chi connectivity index (χ0v) is 21.0. The minimum atomic E-state index is -1.97. The fourth-order valence-corrected chi connectivity index (χ4v) is 5.83. The molecule has 0 N–H and O–H groups in total. The summed E-state index contributed by atoms with van der Waals surface area (Å²) in [6.45, 7) is 6.54. The molecular weight excluding hydrogens is 384 g/mol. The van der Waals surface area contributed by atoms with Crippen molar-refractivity contribution in [1.82, 2.24) is 0 Å². The predicted molar refractivity (Wildman–Crippen MR) is 133 cm³/mol. The molecule has 0 aliphatic heterocycles. The maximum atomic E-state index is 12.2. The highest BCUT2D eigenvalue weighted by Gasteiger charge is 2.27. The largest absolute Gasteiger partial charge is 0.519 e. The van der Waals surface area contributed by atoms with Gasteiger partial charge < -0.3 is 4.43 Å². The first-order valence-electron chi connectivity index (χ1n) is 12.4. The summed E-state index contributed by atoms with van der Waals surface area (Å²) in [6.07, 6.45) is 21.9. The Bertz CT molecular complexity index is 565. The molecule has 3 heteroatoms. The van der Waals surface area contributed by atoms with Crippen LogP contribution in [0.5, 0.6) is 0 Å². The van der Waals surface area contributed by atoms with Crippen LogP contribution in [0.2, 0.25) is 13.1 Å². The van der Waals surface area contributed by atoms with Crippen molar-refractivity contribution < 1.29 is 9.22 Å². The zero-order valence-electron chi connectivity index (χ0n) is 20.0. The van der Waals surface area contributed by atoms with E-state index >= 15 is 0 Å². The minimum absolute atomic E-state index is 0.000209. The molecule has 0 heterocycles. The Morgan fingerprint density at radius 1 is 0.800 bits per heavy atom. The normalized spacial score (nSPS) is 11.8. The molecule has 0 aliphatic rings. The molecule has 30 heavy (non-hydrogen) atoms. The van der Waals surface area contributed by atoms with Gasteiger partial charge in [-0.2, -0.15) is 0 Å². The molecule has 0 unspecified atom stereocenters. The summed E-state index contributed by atoms with van der Waals surface area (Å²) in [7, 11) is -1.97. The highest BCUT2D eigenvalue weighted by molar-refractivity contribution is 6.72. The fourth-order valence-electron chi connectivity index (χ4n) is 3.82. The van der Waals surface area contributed by atoms with Gasteiger partial charge in [-0.3, -0.25) is 4.79 Å². The molecule has 170 valence electrons. The lowest BCUT2D eigenvalue weighted by Crippen LogP contribution is -2.36. The first kappa shape index (κ1) is 26.7. The average molecular weight is 431 g/mol. The summed E-state index contributed by atoms with van der Waals surface area (Å²) < 4.78 is 5.85. The first-order valence-corrected chi connectivity index (χ1v) is 15.6. The number of unbranched alkanes of at least 4 members (excludes halogenated alkanes) is 11. The lowest BCUT2D eigenvalue weighted by Gasteiger charge is -2.23. The standard InChI is InChI=1S/C27H46O2Si/c1-4-5-6-7-8-9-10-11-12-13-14-15-16-17-21-24-27(28)29-30(2,3)25-26-22-19-18-20-23-26/h11-12,18-20,22-23H,4-10,13-17,21,24-25H2,1-3H3/b12-11+. The molecule has 0 aliphatic carbocycles. The molecule has 0 atom stereocenters. The van der Waals surface area contributed by atoms with E-state index in [-0.39, 0.29) is 5.97 Å². The Labute approximate surface area is 187 Å². The Balaban J connectivity index is 1.94. The van der Waals surface area contributed by atoms with E-state index in [0.29, 0.717) is 6.42 Å². The molecule has 0 spiro atoms. The number of carbonyl (C=O) groups excluding carboxylic acids is 1. The molecule has 1 aromatic carbocycles. The molecule has 0 amide bonds. The van der Waals surface area contributed by atoms with Gasteiger partial charge in [0.05, 0.1) is 0 Å². The van der Waals surface area contributed by atoms with Crippen molar-refractivity contribution in [3.63, 3.8) is 0 Å². The molecule has 0 fully saturated rings. The van der Waals surface area contributed by atoms with E-state index in [1.54, 1.807) is 0 Å². The van der Waals surface area contributed by atoms with Crippen LogP contribution in [0.15, 0.2) is 42.5 Å². The molecule has 0 bridgehead atoms. The van der Waals surface area contributed by atoms with Crippen LogP contribution in [0, 0.1) is 0 Å². The fraction of sp³-hybridized carbons (Fsp3) is 0.667. The van der Waals surface area contributed by atoms with Gasteiger partial charge in [0, 0.05) is 12.5 Å². The molecule has 0 radical (unpaired) electrons. The summed E-state index contributed by atoms with van der Waals surface area (Å²) in [5, 5.41) is 0. The van der Waals surface area contributed by atoms with Gasteiger partial charge in [-0.1, -0.05) is 101 Å². The average Bonchev–Trinajstić information content (AvgIpc) is 2.71. The van der Waals surface area contributed by atoms with Crippen LogP contribution in [-0.4, -0.2) is 14.3 Å². The van der Waals surface area contributed by atoms with E-state index in [4.69, 9.17) is 4.43 Å². The van der Waals surface area contributed by atoms with E-state index in [0.717, 1.165) is 18.9 Å². The first-order chi connectivity index (χ1) is 14.5. The van der Waals surface area contributed by atoms with Crippen molar-refractivity contribution >= 4 is 14.3 Å². The lowest BCUT2D eigenvalue weighted by molar-refractivity contribution is -0.135. The monoisotopic (exact) mass is 430 g/mol. The van der Waals surface area contributed by atoms with Crippen molar-refractivity contribution in [2.75, 3.05) is 0 Å². The number of hydrogen-bond donors (Lipinski definition) is 0. The number of benzene rings is 1. The molecular formula is C27H46O2Si. The van der Waals surface area contributed by atoms with Crippen LogP contribution < -0.4 is 0 Å². The number of carbonyl (C=O) groups is 1. The van der Waals surface area contributed by atoms with Gasteiger partial charge in [0.25, 0.3) is 14.3 Å². The Morgan fingerprint density at radius 2 is 1.33 bits per heavy atom. The number of rotatable bonds is 18. The third-order valence-electron chi connectivity index (χ3n) is 5.51. The van der Waals surface area contributed by atoms with Crippen LogP contribution >= 0.6 is 0 Å². The topological polar surface area (TPSA) is 26.3 Å². The number of hydrogen-bond acceptors (Lipinski definition) is 2. The summed E-state index contributed by atoms with van der Waals surface area (Å²) in [5.74, 6) is 0.000209. The predicted octanol–water partition coefficient (Wildman–Crippen LogP) is 8.55. The summed E-state index contributed by atoms with van der Waals surface area (Å²) in [6, 6.07) is 11.3. The molecule has 0 aromatic heterocycles. The van der Waals surface area contributed by atoms with E-state index in [9.17, 15) is 4.79 Å². The SMILES string of the molecule is CCCCCCCC/C=C/CCCCCCCC(=O)O[Si](C)(C)Cc1ccccc1. The van der Waals surface area contributed by atoms with Gasteiger partial charge in [-0.05, 0) is 50.8 Å². The molecule has 0 saturated carbocycles. The second kappa shape index (κ2) is 17.3. The van der Waals surface area contributed by atoms with Crippen LogP contribution in [0.4, 0.5) is 0 Å². The van der Waals surface area contributed by atoms with Crippen LogP contribution in [-0.2, 0) is 15.3 Å². The minimum Gasteiger partial charge on any atom is -0.519 e. The molecule has 2 nitrogen and oxygen atoms in total. The van der Waals surface area contributed by atoms with E-state index < -0.39 is 8.32 Å². The van der Waals surface area contributed by atoms with Gasteiger partial charge in [0.1, 0.15) is 0 Å². The summed E-state index contributed by atoms with van der Waals surface area (Å²) in [4.78, 5) is 12.2. The number of allylic oxidation sites excluding steroid dienone is 2. The van der Waals surface area contributed by atoms with Gasteiger partial charge >= 0.3 is 0 Å². The van der Waals surface area contributed by atoms with Gasteiger partial charge in [0.15, 0.2) is 0 Å². The van der Waals surface area contributed by atoms with Crippen LogP contribution in [0.3, 0.4) is 0 Å². The van der Waals surface area contributed by atoms with Gasteiger partial charge in [-0.15, -0.1) is 0 Å². The maximum absolute atomic E-state index is 12.2. The Kier molecular flexibility index (Phi) is 15.4. The second-order valence-corrected chi connectivity index (χ2v) is 13.3. The zero-order chi connectivity index (χ0) is 21.9. The van der Waals surface area contributed by atoms with Crippen molar-refractivity contribution in [2.24, 2.45) is 0 Å². The van der Waals surface area contributed by atoms with Crippen molar-refractivity contribution in [1.29, 1.82) is 0 Å².